The highest BCUT2D eigenvalue weighted by molar-refractivity contribution is 9.10. The third-order valence-corrected chi connectivity index (χ3v) is 2.30. The Kier molecular flexibility index (Phi) is 4.25. The molecule has 1 unspecified atom stereocenters. The summed E-state index contributed by atoms with van der Waals surface area (Å²) in [4.78, 5) is 4.12. The molecule has 0 fully saturated rings. The van der Waals surface area contributed by atoms with Crippen molar-refractivity contribution in [3.8, 4) is 0 Å². The van der Waals surface area contributed by atoms with Crippen LogP contribution in [0.3, 0.4) is 0 Å². The fraction of sp³-hybridized carbons (Fsp3) is 0.545. The second-order valence-corrected chi connectivity index (χ2v) is 5.34. The summed E-state index contributed by atoms with van der Waals surface area (Å²) in [6, 6.07) is 3.66. The van der Waals surface area contributed by atoms with Crippen LogP contribution in [0.15, 0.2) is 22.8 Å². The predicted octanol–water partition coefficient (Wildman–Crippen LogP) is 3.05. The molecule has 0 spiro atoms. The quantitative estimate of drug-likeness (QED) is 0.919. The maximum absolute atomic E-state index is 9.80. The van der Waals surface area contributed by atoms with Crippen LogP contribution in [0.1, 0.15) is 32.6 Å². The lowest BCUT2D eigenvalue weighted by atomic mass is 10.1. The van der Waals surface area contributed by atoms with Gasteiger partial charge in [-0.05, 0) is 28.1 Å². The molecule has 0 aliphatic carbocycles. The van der Waals surface area contributed by atoms with Crippen LogP contribution in [0.4, 0.5) is 0 Å². The van der Waals surface area contributed by atoms with Crippen LogP contribution in [0.25, 0.3) is 5.32 Å². The average molecular weight is 272 g/mol. The van der Waals surface area contributed by atoms with E-state index in [0.29, 0.717) is 12.2 Å². The number of aliphatic hydroxyl groups excluding tert-OH is 1. The Morgan fingerprint density at radius 2 is 2.13 bits per heavy atom. The number of pyridine rings is 1. The molecule has 1 atom stereocenters. The van der Waals surface area contributed by atoms with Gasteiger partial charge in [-0.3, -0.25) is 4.98 Å². The van der Waals surface area contributed by atoms with Gasteiger partial charge < -0.3 is 10.4 Å². The molecule has 0 bridgehead atoms. The summed E-state index contributed by atoms with van der Waals surface area (Å²) in [5.74, 6) is 0. The van der Waals surface area contributed by atoms with E-state index in [9.17, 15) is 5.11 Å². The molecular formula is C11H16BrN2O-. The molecule has 1 aromatic rings. The zero-order valence-corrected chi connectivity index (χ0v) is 10.8. The first kappa shape index (κ1) is 12.6. The van der Waals surface area contributed by atoms with Crippen LogP contribution in [0, 0.1) is 0 Å². The Morgan fingerprint density at radius 1 is 1.47 bits per heavy atom. The zero-order valence-electron chi connectivity index (χ0n) is 9.24. The zero-order chi connectivity index (χ0) is 11.5. The normalized spacial score (nSPS) is 13.9. The Hall–Kier alpha value is -0.450. The van der Waals surface area contributed by atoms with Gasteiger partial charge in [-0.2, -0.15) is 0 Å². The van der Waals surface area contributed by atoms with E-state index in [1.54, 1.807) is 12.3 Å². The topological polar surface area (TPSA) is 47.2 Å². The van der Waals surface area contributed by atoms with Crippen molar-refractivity contribution in [2.24, 2.45) is 0 Å². The minimum atomic E-state index is -0.614. The van der Waals surface area contributed by atoms with Crippen molar-refractivity contribution in [2.45, 2.75) is 32.4 Å². The minimum absolute atomic E-state index is 0.115. The number of nitrogens with zero attached hydrogens (tertiary/aromatic N) is 2. The highest BCUT2D eigenvalue weighted by Crippen LogP contribution is 2.20. The van der Waals surface area contributed by atoms with Gasteiger partial charge >= 0.3 is 0 Å². The fourth-order valence-corrected chi connectivity index (χ4v) is 1.27. The standard InChI is InChI=1S/C11H16BrN2O/c1-11(2,3)14-7-10(15)9-5-4-8(12)6-13-9/h4-6,10,15H,7H2,1-3H3/q-1. The summed E-state index contributed by atoms with van der Waals surface area (Å²) in [5.41, 5.74) is 0.544. The van der Waals surface area contributed by atoms with E-state index in [4.69, 9.17) is 0 Å². The Labute approximate surface area is 99.1 Å². The van der Waals surface area contributed by atoms with Gasteiger partial charge in [0.2, 0.25) is 0 Å². The van der Waals surface area contributed by atoms with E-state index in [1.165, 1.54) is 0 Å². The van der Waals surface area contributed by atoms with E-state index in [2.05, 4.69) is 26.2 Å². The first-order chi connectivity index (χ1) is 6.88. The van der Waals surface area contributed by atoms with Crippen molar-refractivity contribution in [3.63, 3.8) is 0 Å². The van der Waals surface area contributed by atoms with E-state index in [1.807, 2.05) is 26.8 Å². The van der Waals surface area contributed by atoms with Gasteiger partial charge in [0.1, 0.15) is 0 Å². The number of aliphatic hydroxyl groups is 1. The van der Waals surface area contributed by atoms with Crippen LogP contribution < -0.4 is 0 Å². The molecule has 0 aliphatic heterocycles. The molecule has 0 radical (unpaired) electrons. The summed E-state index contributed by atoms with van der Waals surface area (Å²) in [5, 5.41) is 14.2. The van der Waals surface area contributed by atoms with Crippen molar-refractivity contribution < 1.29 is 5.11 Å². The van der Waals surface area contributed by atoms with Crippen LogP contribution in [0.5, 0.6) is 0 Å². The third kappa shape index (κ3) is 4.73. The highest BCUT2D eigenvalue weighted by atomic mass is 79.9. The largest absolute Gasteiger partial charge is 0.655 e. The minimum Gasteiger partial charge on any atom is -0.655 e. The first-order valence-corrected chi connectivity index (χ1v) is 5.66. The monoisotopic (exact) mass is 271 g/mol. The van der Waals surface area contributed by atoms with E-state index in [-0.39, 0.29) is 5.54 Å². The van der Waals surface area contributed by atoms with Gasteiger partial charge in [0.05, 0.1) is 11.8 Å². The van der Waals surface area contributed by atoms with E-state index < -0.39 is 6.10 Å². The molecule has 0 saturated carbocycles. The molecule has 1 N–H and O–H groups in total. The van der Waals surface area contributed by atoms with Gasteiger partial charge in [0.25, 0.3) is 0 Å². The molecule has 3 nitrogen and oxygen atoms in total. The second-order valence-electron chi connectivity index (χ2n) is 4.43. The van der Waals surface area contributed by atoms with Crippen LogP contribution >= 0.6 is 15.9 Å². The summed E-state index contributed by atoms with van der Waals surface area (Å²) in [6.45, 7) is 6.41. The molecule has 84 valence electrons. The lowest BCUT2D eigenvalue weighted by Crippen LogP contribution is -2.17. The predicted molar refractivity (Wildman–Crippen MR) is 64.9 cm³/mol. The summed E-state index contributed by atoms with van der Waals surface area (Å²) >= 11 is 3.30. The van der Waals surface area contributed by atoms with Crippen LogP contribution in [-0.2, 0) is 0 Å². The maximum Gasteiger partial charge on any atom is 0.0773 e. The molecule has 1 rings (SSSR count). The van der Waals surface area contributed by atoms with Gasteiger partial charge in [-0.25, -0.2) is 0 Å². The van der Waals surface area contributed by atoms with Gasteiger partial charge in [0, 0.05) is 10.7 Å². The molecule has 1 aromatic heterocycles. The lowest BCUT2D eigenvalue weighted by molar-refractivity contribution is 0.185. The lowest BCUT2D eigenvalue weighted by Gasteiger charge is -2.37. The molecule has 0 amide bonds. The number of hydrogen-bond acceptors (Lipinski definition) is 2. The van der Waals surface area contributed by atoms with Crippen LogP contribution in [-0.4, -0.2) is 22.2 Å². The molecule has 0 aromatic carbocycles. The van der Waals surface area contributed by atoms with Crippen molar-refractivity contribution in [1.29, 1.82) is 0 Å². The molecule has 0 saturated heterocycles. The third-order valence-electron chi connectivity index (χ3n) is 1.83. The Bertz CT molecular complexity index is 305. The number of aromatic nitrogens is 1. The summed E-state index contributed by atoms with van der Waals surface area (Å²) < 4.78 is 0.909. The first-order valence-electron chi connectivity index (χ1n) is 4.87. The number of hydrogen-bond donors (Lipinski definition) is 1. The van der Waals surface area contributed by atoms with Crippen molar-refractivity contribution >= 4 is 15.9 Å². The van der Waals surface area contributed by atoms with Crippen LogP contribution in [0.2, 0.25) is 0 Å². The summed E-state index contributed by atoms with van der Waals surface area (Å²) in [6.07, 6.45) is 1.06. The molecular weight excluding hydrogens is 256 g/mol. The van der Waals surface area contributed by atoms with Gasteiger partial charge in [-0.15, -0.1) is 12.1 Å². The Balaban J connectivity index is 2.54. The average Bonchev–Trinajstić information content (AvgIpc) is 2.14. The SMILES string of the molecule is CC(C)(C)[N-]CC(O)c1ccc(Br)cn1. The Morgan fingerprint density at radius 3 is 2.60 bits per heavy atom. The fourth-order valence-electron chi connectivity index (χ4n) is 1.04. The molecule has 15 heavy (non-hydrogen) atoms. The molecule has 4 heteroatoms. The second kappa shape index (κ2) is 5.05. The molecule has 1 heterocycles. The summed E-state index contributed by atoms with van der Waals surface area (Å²) in [7, 11) is 0. The smallest absolute Gasteiger partial charge is 0.0773 e. The maximum atomic E-state index is 9.80. The highest BCUT2D eigenvalue weighted by Gasteiger charge is 2.05. The van der Waals surface area contributed by atoms with Crippen molar-refractivity contribution in [1.82, 2.24) is 4.98 Å². The van der Waals surface area contributed by atoms with E-state index >= 15 is 0 Å². The molecule has 0 aliphatic rings. The van der Waals surface area contributed by atoms with Crippen molar-refractivity contribution in [2.75, 3.05) is 6.54 Å². The number of rotatable bonds is 3. The van der Waals surface area contributed by atoms with Gasteiger partial charge in [0.15, 0.2) is 0 Å². The number of halogens is 1. The van der Waals surface area contributed by atoms with Gasteiger partial charge in [-0.1, -0.05) is 20.8 Å². The van der Waals surface area contributed by atoms with E-state index in [0.717, 1.165) is 4.47 Å². The van der Waals surface area contributed by atoms with Crippen molar-refractivity contribution in [3.05, 3.63) is 33.8 Å².